The van der Waals surface area contributed by atoms with Gasteiger partial charge in [-0.25, -0.2) is 0 Å². The summed E-state index contributed by atoms with van der Waals surface area (Å²) in [5, 5.41) is 2.23. The van der Waals surface area contributed by atoms with Gasteiger partial charge in [0, 0.05) is 43.8 Å². The number of hydrogen-bond donors (Lipinski definition) is 0. The number of pyridine rings is 1. The van der Waals surface area contributed by atoms with Crippen molar-refractivity contribution in [3.05, 3.63) is 127 Å². The fourth-order valence-electron chi connectivity index (χ4n) is 5.53. The van der Waals surface area contributed by atoms with Crippen LogP contribution in [0.1, 0.15) is 30.9 Å². The maximum absolute atomic E-state index is 5.97. The van der Waals surface area contributed by atoms with Crippen molar-refractivity contribution in [3.63, 3.8) is 0 Å². The summed E-state index contributed by atoms with van der Waals surface area (Å²) in [5.74, 6) is 1.53. The van der Waals surface area contributed by atoms with E-state index in [-0.39, 0.29) is 20.1 Å². The van der Waals surface area contributed by atoms with E-state index in [2.05, 4.69) is 71.9 Å². The number of imidazole rings is 1. The van der Waals surface area contributed by atoms with Crippen molar-refractivity contribution in [2.75, 3.05) is 0 Å². The monoisotopic (exact) mass is 710 g/mol. The Labute approximate surface area is 252 Å². The Kier molecular flexibility index (Phi) is 7.40. The maximum atomic E-state index is 5.97. The first-order chi connectivity index (χ1) is 19.7. The van der Waals surface area contributed by atoms with Gasteiger partial charge >= 0.3 is 0 Å². The van der Waals surface area contributed by atoms with Crippen molar-refractivity contribution in [2.45, 2.75) is 26.3 Å². The number of hydrogen-bond acceptors (Lipinski definition) is 3. The molecule has 41 heavy (non-hydrogen) atoms. The first-order valence-electron chi connectivity index (χ1n) is 13.6. The first kappa shape index (κ1) is 26.9. The van der Waals surface area contributed by atoms with Crippen LogP contribution in [0.25, 0.3) is 61.7 Å². The molecule has 1 radical (unpaired) electrons. The predicted molar refractivity (Wildman–Crippen MR) is 163 cm³/mol. The van der Waals surface area contributed by atoms with Gasteiger partial charge in [0.1, 0.15) is 5.58 Å². The predicted octanol–water partition coefficient (Wildman–Crippen LogP) is 9.10. The van der Waals surface area contributed by atoms with Crippen LogP contribution in [0.4, 0.5) is 0 Å². The SMILES string of the molecule is CC(C)c1ccc2nc(-c3[c-]cccc3)n3c2c1C=CC3.[Ir].[c-]1ccc2c(oc3ccccc32)c1-c1ccccn1. The zero-order valence-corrected chi connectivity index (χ0v) is 25.2. The molecule has 4 nitrogen and oxygen atoms in total. The van der Waals surface area contributed by atoms with Crippen molar-refractivity contribution in [1.29, 1.82) is 0 Å². The number of allylic oxidation sites excluding steroid dienone is 1. The summed E-state index contributed by atoms with van der Waals surface area (Å²) in [6, 6.07) is 36.8. The van der Waals surface area contributed by atoms with Gasteiger partial charge in [0.25, 0.3) is 0 Å². The van der Waals surface area contributed by atoms with E-state index >= 15 is 0 Å². The van der Waals surface area contributed by atoms with E-state index in [9.17, 15) is 0 Å². The molecule has 1 aliphatic heterocycles. The second kappa shape index (κ2) is 11.3. The van der Waals surface area contributed by atoms with Gasteiger partial charge in [0.15, 0.2) is 0 Å². The van der Waals surface area contributed by atoms with Crippen LogP contribution >= 0.6 is 0 Å². The van der Waals surface area contributed by atoms with E-state index in [1.807, 2.05) is 66.7 Å². The Balaban J connectivity index is 0.000000145. The molecular weight excluding hydrogens is 683 g/mol. The van der Waals surface area contributed by atoms with Crippen LogP contribution in [0.5, 0.6) is 0 Å². The van der Waals surface area contributed by atoms with Crippen molar-refractivity contribution < 1.29 is 24.5 Å². The third-order valence-corrected chi connectivity index (χ3v) is 7.39. The van der Waals surface area contributed by atoms with Gasteiger partial charge in [-0.1, -0.05) is 73.3 Å². The molecule has 0 amide bonds. The number of rotatable bonds is 3. The molecule has 0 saturated heterocycles. The van der Waals surface area contributed by atoms with Gasteiger partial charge in [-0.15, -0.1) is 54.1 Å². The molecule has 5 heteroatoms. The Morgan fingerprint density at radius 3 is 2.51 bits per heavy atom. The molecule has 8 rings (SSSR count). The molecule has 0 aliphatic carbocycles. The normalized spacial score (nSPS) is 12.0. The van der Waals surface area contributed by atoms with E-state index in [1.165, 1.54) is 16.6 Å². The Morgan fingerprint density at radius 2 is 1.71 bits per heavy atom. The van der Waals surface area contributed by atoms with Crippen molar-refractivity contribution in [3.8, 4) is 22.6 Å². The first-order valence-corrected chi connectivity index (χ1v) is 13.6. The number of fused-ring (bicyclic) bond motifs is 3. The van der Waals surface area contributed by atoms with Crippen LogP contribution in [0, 0.1) is 12.1 Å². The van der Waals surface area contributed by atoms with Gasteiger partial charge in [0.2, 0.25) is 0 Å². The zero-order chi connectivity index (χ0) is 27.1. The third kappa shape index (κ3) is 4.82. The van der Waals surface area contributed by atoms with Gasteiger partial charge in [-0.2, -0.15) is 0 Å². The number of aromatic nitrogens is 3. The number of benzene rings is 4. The van der Waals surface area contributed by atoms with Crippen LogP contribution in [0.2, 0.25) is 0 Å². The third-order valence-electron chi connectivity index (χ3n) is 7.39. The molecule has 0 spiro atoms. The van der Waals surface area contributed by atoms with Crippen molar-refractivity contribution in [1.82, 2.24) is 14.5 Å². The van der Waals surface area contributed by atoms with Crippen LogP contribution in [-0.2, 0) is 26.7 Å². The maximum Gasteiger partial charge on any atom is 0.120 e. The summed E-state index contributed by atoms with van der Waals surface area (Å²) in [6.07, 6.45) is 6.25. The van der Waals surface area contributed by atoms with Crippen molar-refractivity contribution >= 4 is 39.0 Å². The molecular formula is C36H27IrN3O-2. The molecule has 0 saturated carbocycles. The Hall–Kier alpha value is -4.31. The summed E-state index contributed by atoms with van der Waals surface area (Å²) in [4.78, 5) is 9.22. The number of furan rings is 1. The molecule has 3 aromatic heterocycles. The summed E-state index contributed by atoms with van der Waals surface area (Å²) in [7, 11) is 0. The smallest absolute Gasteiger partial charge is 0.120 e. The standard InChI is InChI=1S/C19H17N2.C17H10NO.Ir/c1-13(2)15-10-11-17-18-16(15)9-6-12-21(18)19(20-17)14-7-4-3-5-8-14;1-2-10-16-12(6-1)13-7-5-8-14(17(13)19-16)15-9-3-4-11-18-15;/h3-7,9-11,13H,12H2,1-2H3;1-7,9-11H;/q2*-1;. The zero-order valence-electron chi connectivity index (χ0n) is 22.8. The molecule has 0 fully saturated rings. The molecule has 0 unspecified atom stereocenters. The Bertz CT molecular complexity index is 2000. The second-order valence-corrected chi connectivity index (χ2v) is 10.2. The summed E-state index contributed by atoms with van der Waals surface area (Å²) >= 11 is 0. The van der Waals surface area contributed by atoms with E-state index in [0.717, 1.165) is 56.6 Å². The molecule has 203 valence electrons. The summed E-state index contributed by atoms with van der Waals surface area (Å²) in [5.41, 5.74) is 9.65. The topological polar surface area (TPSA) is 43.9 Å². The van der Waals surface area contributed by atoms with Crippen LogP contribution in [0.3, 0.4) is 0 Å². The quantitative estimate of drug-likeness (QED) is 0.172. The fourth-order valence-corrected chi connectivity index (χ4v) is 5.53. The largest absolute Gasteiger partial charge is 0.501 e. The van der Waals surface area contributed by atoms with Crippen molar-refractivity contribution in [2.24, 2.45) is 0 Å². The molecule has 4 aromatic carbocycles. The van der Waals surface area contributed by atoms with Crippen LogP contribution in [-0.4, -0.2) is 14.5 Å². The minimum Gasteiger partial charge on any atom is -0.501 e. The number of para-hydroxylation sites is 1. The van der Waals surface area contributed by atoms with E-state index in [4.69, 9.17) is 9.40 Å². The van der Waals surface area contributed by atoms with E-state index < -0.39 is 0 Å². The van der Waals surface area contributed by atoms with Gasteiger partial charge in [-0.3, -0.25) is 4.98 Å². The Morgan fingerprint density at radius 1 is 0.854 bits per heavy atom. The van der Waals surface area contributed by atoms with Gasteiger partial charge < -0.3 is 14.0 Å². The second-order valence-electron chi connectivity index (χ2n) is 10.2. The molecule has 1 aliphatic rings. The minimum atomic E-state index is 0. The van der Waals surface area contributed by atoms with Gasteiger partial charge in [-0.05, 0) is 35.4 Å². The van der Waals surface area contributed by atoms with Gasteiger partial charge in [0.05, 0.1) is 22.4 Å². The summed E-state index contributed by atoms with van der Waals surface area (Å²) in [6.45, 7) is 5.36. The van der Waals surface area contributed by atoms with Crippen LogP contribution in [0.15, 0.2) is 108 Å². The average Bonchev–Trinajstić information content (AvgIpc) is 3.58. The van der Waals surface area contributed by atoms with E-state index in [1.54, 1.807) is 6.20 Å². The molecule has 7 aromatic rings. The molecule has 0 bridgehead atoms. The summed E-state index contributed by atoms with van der Waals surface area (Å²) < 4.78 is 8.27. The fraction of sp³-hybridized carbons (Fsp3) is 0.111. The average molecular weight is 710 g/mol. The molecule has 4 heterocycles. The molecule has 0 N–H and O–H groups in total. The number of nitrogens with zero attached hydrogens (tertiary/aromatic N) is 3. The van der Waals surface area contributed by atoms with Crippen LogP contribution < -0.4 is 0 Å². The molecule has 0 atom stereocenters. The minimum absolute atomic E-state index is 0. The van der Waals surface area contributed by atoms with E-state index in [0.29, 0.717) is 5.92 Å².